The number of rotatable bonds is 2. The third-order valence-electron chi connectivity index (χ3n) is 2.34. The van der Waals surface area contributed by atoms with E-state index in [1.54, 1.807) is 30.3 Å². The highest BCUT2D eigenvalue weighted by molar-refractivity contribution is 9.10. The molecule has 0 saturated carbocycles. The van der Waals surface area contributed by atoms with Crippen molar-refractivity contribution in [3.05, 3.63) is 56.7 Å². The van der Waals surface area contributed by atoms with Crippen molar-refractivity contribution in [2.24, 2.45) is 0 Å². The number of nitriles is 1. The first-order valence-electron chi connectivity index (χ1n) is 5.22. The molecule has 0 bridgehead atoms. The fraction of sp³-hybridized carbons (Fsp3) is 0. The minimum absolute atomic E-state index is 0.294. The Balaban J connectivity index is 2.29. The lowest BCUT2D eigenvalue weighted by molar-refractivity contribution is 0.102. The summed E-state index contributed by atoms with van der Waals surface area (Å²) in [6.45, 7) is 0. The smallest absolute Gasteiger partial charge is 0.255 e. The Kier molecular flexibility index (Phi) is 4.30. The maximum Gasteiger partial charge on any atom is 0.255 e. The van der Waals surface area contributed by atoms with Crippen LogP contribution < -0.4 is 5.32 Å². The van der Waals surface area contributed by atoms with Gasteiger partial charge in [0.15, 0.2) is 0 Å². The lowest BCUT2D eigenvalue weighted by Gasteiger charge is -2.07. The second-order valence-corrected chi connectivity index (χ2v) is 5.35. The highest BCUT2D eigenvalue weighted by atomic mass is 79.9. The predicted octanol–water partition coefficient (Wildman–Crippen LogP) is 3.73. The van der Waals surface area contributed by atoms with Crippen molar-refractivity contribution in [1.82, 2.24) is 4.98 Å². The first-order chi connectivity index (χ1) is 9.10. The summed E-state index contributed by atoms with van der Waals surface area (Å²) in [5.74, 6) is -0.294. The van der Waals surface area contributed by atoms with Gasteiger partial charge in [-0.2, -0.15) is 5.26 Å². The molecule has 1 aromatic carbocycles. The summed E-state index contributed by atoms with van der Waals surface area (Å²) < 4.78 is 1.37. The molecule has 0 unspecified atom stereocenters. The molecule has 0 atom stereocenters. The van der Waals surface area contributed by atoms with Crippen molar-refractivity contribution in [3.63, 3.8) is 0 Å². The number of aromatic nitrogens is 1. The Morgan fingerprint density at radius 3 is 2.74 bits per heavy atom. The predicted molar refractivity (Wildman–Crippen MR) is 78.7 cm³/mol. The maximum absolute atomic E-state index is 12.1. The van der Waals surface area contributed by atoms with E-state index in [2.05, 4.69) is 42.2 Å². The molecule has 6 heteroatoms. The monoisotopic (exact) mass is 379 g/mol. The van der Waals surface area contributed by atoms with Crippen LogP contribution in [0.15, 0.2) is 45.6 Å². The van der Waals surface area contributed by atoms with Gasteiger partial charge in [0, 0.05) is 16.2 Å². The highest BCUT2D eigenvalue weighted by Gasteiger charge is 2.10. The molecule has 4 nitrogen and oxygen atoms in total. The average molecular weight is 381 g/mol. The average Bonchev–Trinajstić information content (AvgIpc) is 2.39. The topological polar surface area (TPSA) is 65.8 Å². The molecule has 0 spiro atoms. The Bertz CT molecular complexity index is 680. The minimum atomic E-state index is -0.294. The number of nitrogens with zero attached hydrogens (tertiary/aromatic N) is 2. The number of amides is 1. The van der Waals surface area contributed by atoms with Crippen LogP contribution in [-0.4, -0.2) is 10.9 Å². The number of nitrogens with one attached hydrogen (secondary N) is 1. The molecular formula is C13H7Br2N3O. The zero-order valence-corrected chi connectivity index (χ0v) is 12.7. The molecular weight excluding hydrogens is 374 g/mol. The van der Waals surface area contributed by atoms with Crippen LogP contribution in [0.4, 0.5) is 5.69 Å². The molecule has 0 aliphatic heterocycles. The van der Waals surface area contributed by atoms with E-state index in [4.69, 9.17) is 5.26 Å². The van der Waals surface area contributed by atoms with Gasteiger partial charge in [0.25, 0.3) is 5.91 Å². The van der Waals surface area contributed by atoms with E-state index in [1.807, 2.05) is 6.07 Å². The van der Waals surface area contributed by atoms with E-state index < -0.39 is 0 Å². The van der Waals surface area contributed by atoms with Crippen LogP contribution in [-0.2, 0) is 0 Å². The third-order valence-corrected chi connectivity index (χ3v) is 3.27. The van der Waals surface area contributed by atoms with Crippen LogP contribution in [0, 0.1) is 11.3 Å². The summed E-state index contributed by atoms with van der Waals surface area (Å²) in [5.41, 5.74) is 1.34. The van der Waals surface area contributed by atoms with Crippen LogP contribution in [0.3, 0.4) is 0 Å². The Morgan fingerprint density at radius 2 is 2.05 bits per heavy atom. The molecule has 1 aromatic heterocycles. The Labute approximate surface area is 126 Å². The van der Waals surface area contributed by atoms with Crippen molar-refractivity contribution in [1.29, 1.82) is 5.26 Å². The molecule has 0 radical (unpaired) electrons. The van der Waals surface area contributed by atoms with Crippen LogP contribution in [0.5, 0.6) is 0 Å². The molecule has 2 aromatic rings. The van der Waals surface area contributed by atoms with Crippen LogP contribution in [0.1, 0.15) is 15.9 Å². The molecule has 0 fully saturated rings. The second-order valence-electron chi connectivity index (χ2n) is 3.62. The van der Waals surface area contributed by atoms with Crippen LogP contribution in [0.25, 0.3) is 0 Å². The van der Waals surface area contributed by atoms with Gasteiger partial charge in [-0.1, -0.05) is 15.9 Å². The molecule has 1 heterocycles. The van der Waals surface area contributed by atoms with E-state index in [9.17, 15) is 4.79 Å². The second kappa shape index (κ2) is 5.95. The van der Waals surface area contributed by atoms with Crippen molar-refractivity contribution < 1.29 is 4.79 Å². The lowest BCUT2D eigenvalue weighted by atomic mass is 10.2. The fourth-order valence-electron chi connectivity index (χ4n) is 1.46. The molecule has 94 valence electrons. The zero-order chi connectivity index (χ0) is 13.8. The third kappa shape index (κ3) is 3.40. The maximum atomic E-state index is 12.1. The van der Waals surface area contributed by atoms with Gasteiger partial charge in [-0.25, -0.2) is 4.98 Å². The van der Waals surface area contributed by atoms with E-state index >= 15 is 0 Å². The Hall–Kier alpha value is -1.71. The van der Waals surface area contributed by atoms with Crippen LogP contribution >= 0.6 is 31.9 Å². The SMILES string of the molecule is N#Cc1ccc(Br)cc1NC(=O)c1ccnc(Br)c1. The van der Waals surface area contributed by atoms with Crippen molar-refractivity contribution in [3.8, 4) is 6.07 Å². The molecule has 19 heavy (non-hydrogen) atoms. The van der Waals surface area contributed by atoms with Gasteiger partial charge < -0.3 is 5.32 Å². The normalized spacial score (nSPS) is 9.74. The number of carbonyl (C=O) groups excluding carboxylic acids is 1. The van der Waals surface area contributed by atoms with Gasteiger partial charge in [0.2, 0.25) is 0 Å². The van der Waals surface area contributed by atoms with Gasteiger partial charge in [0.1, 0.15) is 10.7 Å². The summed E-state index contributed by atoms with van der Waals surface area (Å²) in [6, 6.07) is 10.3. The lowest BCUT2D eigenvalue weighted by Crippen LogP contribution is -2.13. The minimum Gasteiger partial charge on any atom is -0.321 e. The first kappa shape index (κ1) is 13.7. The number of pyridine rings is 1. The molecule has 0 saturated heterocycles. The first-order valence-corrected chi connectivity index (χ1v) is 6.81. The number of carbonyl (C=O) groups is 1. The van der Waals surface area contributed by atoms with Gasteiger partial charge in [0.05, 0.1) is 11.3 Å². The van der Waals surface area contributed by atoms with Gasteiger partial charge in [-0.15, -0.1) is 0 Å². The van der Waals surface area contributed by atoms with Crippen molar-refractivity contribution in [2.45, 2.75) is 0 Å². The summed E-state index contributed by atoms with van der Waals surface area (Å²) in [7, 11) is 0. The number of hydrogen-bond donors (Lipinski definition) is 1. The summed E-state index contributed by atoms with van der Waals surface area (Å²) >= 11 is 6.51. The van der Waals surface area contributed by atoms with Gasteiger partial charge in [-0.3, -0.25) is 4.79 Å². The van der Waals surface area contributed by atoms with Crippen molar-refractivity contribution >= 4 is 43.5 Å². The molecule has 2 rings (SSSR count). The van der Waals surface area contributed by atoms with Crippen molar-refractivity contribution in [2.75, 3.05) is 5.32 Å². The summed E-state index contributed by atoms with van der Waals surface area (Å²) in [6.07, 6.45) is 1.53. The van der Waals surface area contributed by atoms with Gasteiger partial charge >= 0.3 is 0 Å². The zero-order valence-electron chi connectivity index (χ0n) is 9.52. The standard InChI is InChI=1S/C13H7Br2N3O/c14-10-2-1-9(7-16)11(6-10)18-13(19)8-3-4-17-12(15)5-8/h1-6H,(H,18,19). The number of benzene rings is 1. The largest absolute Gasteiger partial charge is 0.321 e. The molecule has 1 N–H and O–H groups in total. The van der Waals surface area contributed by atoms with E-state index in [0.717, 1.165) is 4.47 Å². The van der Waals surface area contributed by atoms with Crippen LogP contribution in [0.2, 0.25) is 0 Å². The van der Waals surface area contributed by atoms with E-state index in [0.29, 0.717) is 21.4 Å². The Morgan fingerprint density at radius 1 is 1.26 bits per heavy atom. The number of hydrogen-bond acceptors (Lipinski definition) is 3. The summed E-state index contributed by atoms with van der Waals surface area (Å²) in [4.78, 5) is 16.0. The number of halogens is 2. The van der Waals surface area contributed by atoms with E-state index in [-0.39, 0.29) is 5.91 Å². The molecule has 0 aliphatic rings. The fourth-order valence-corrected chi connectivity index (χ4v) is 2.18. The highest BCUT2D eigenvalue weighted by Crippen LogP contribution is 2.21. The van der Waals surface area contributed by atoms with E-state index in [1.165, 1.54) is 6.20 Å². The number of anilines is 1. The molecule has 1 amide bonds. The molecule has 0 aliphatic carbocycles. The summed E-state index contributed by atoms with van der Waals surface area (Å²) in [5, 5.41) is 11.7. The quantitative estimate of drug-likeness (QED) is 0.807. The van der Waals surface area contributed by atoms with Gasteiger partial charge in [-0.05, 0) is 46.3 Å².